The van der Waals surface area contributed by atoms with E-state index in [4.69, 9.17) is 9.47 Å². The second kappa shape index (κ2) is 13.6. The molecule has 2 aromatic carbocycles. The molecule has 3 rings (SSSR count). The lowest BCUT2D eigenvalue weighted by Gasteiger charge is -2.05. The lowest BCUT2D eigenvalue weighted by atomic mass is 10.1. The van der Waals surface area contributed by atoms with Crippen molar-refractivity contribution in [2.45, 2.75) is 13.8 Å². The predicted octanol–water partition coefficient (Wildman–Crippen LogP) is 6.93. The molecule has 0 saturated carbocycles. The van der Waals surface area contributed by atoms with Crippen molar-refractivity contribution in [1.29, 1.82) is 0 Å². The highest BCUT2D eigenvalue weighted by atomic mass is 32.1. The van der Waals surface area contributed by atoms with Crippen LogP contribution < -0.4 is 0 Å². The van der Waals surface area contributed by atoms with Gasteiger partial charge in [0.05, 0.1) is 13.2 Å². The van der Waals surface area contributed by atoms with E-state index < -0.39 is 11.9 Å². The molecule has 35 heavy (non-hydrogen) atoms. The molecule has 1 aromatic heterocycles. The van der Waals surface area contributed by atoms with Crippen molar-refractivity contribution in [3.63, 3.8) is 0 Å². The first kappa shape index (κ1) is 25.5. The largest absolute Gasteiger partial charge is 0.462 e. The third kappa shape index (κ3) is 7.45. The topological polar surface area (TPSA) is 77.3 Å². The van der Waals surface area contributed by atoms with E-state index in [-0.39, 0.29) is 24.3 Å². The maximum atomic E-state index is 12.8. The van der Waals surface area contributed by atoms with E-state index in [1.54, 1.807) is 38.4 Å². The van der Waals surface area contributed by atoms with Gasteiger partial charge in [-0.2, -0.15) is 0 Å². The van der Waals surface area contributed by atoms with Crippen molar-refractivity contribution in [1.82, 2.24) is 0 Å². The van der Waals surface area contributed by atoms with E-state index in [0.717, 1.165) is 22.5 Å². The fourth-order valence-corrected chi connectivity index (χ4v) is 4.02. The highest BCUT2D eigenvalue weighted by molar-refractivity contribution is 7.20. The molecule has 0 aliphatic carbocycles. The second-order valence-corrected chi connectivity index (χ2v) is 7.98. The highest BCUT2D eigenvalue weighted by Crippen LogP contribution is 2.42. The van der Waals surface area contributed by atoms with Crippen LogP contribution in [0.3, 0.4) is 0 Å². The van der Waals surface area contributed by atoms with Crippen molar-refractivity contribution < 1.29 is 19.1 Å². The summed E-state index contributed by atoms with van der Waals surface area (Å²) in [5.74, 6) is -1.29. The number of carbonyl (C=O) groups excluding carboxylic acids is 2. The van der Waals surface area contributed by atoms with E-state index in [2.05, 4.69) is 9.98 Å². The molecule has 0 aliphatic rings. The zero-order chi connectivity index (χ0) is 24.9. The van der Waals surface area contributed by atoms with Crippen molar-refractivity contribution in [2.75, 3.05) is 13.2 Å². The van der Waals surface area contributed by atoms with Crippen LogP contribution in [0, 0.1) is 0 Å². The van der Waals surface area contributed by atoms with E-state index in [1.807, 2.05) is 72.8 Å². The number of nitrogens with zero attached hydrogens (tertiary/aromatic N) is 2. The fraction of sp³-hybridized carbons (Fsp3) is 0.143. The maximum absolute atomic E-state index is 12.8. The van der Waals surface area contributed by atoms with E-state index in [1.165, 1.54) is 0 Å². The quantitative estimate of drug-likeness (QED) is 0.230. The average molecular weight is 487 g/mol. The Morgan fingerprint density at radius 2 is 1.11 bits per heavy atom. The Kier molecular flexibility index (Phi) is 9.89. The van der Waals surface area contributed by atoms with Crippen LogP contribution >= 0.6 is 11.3 Å². The molecular weight excluding hydrogens is 460 g/mol. The first-order valence-corrected chi connectivity index (χ1v) is 12.0. The van der Waals surface area contributed by atoms with Crippen LogP contribution in [0.25, 0.3) is 12.2 Å². The van der Waals surface area contributed by atoms with Crippen LogP contribution in [0.1, 0.15) is 45.7 Å². The molecule has 0 aliphatic heterocycles. The van der Waals surface area contributed by atoms with Gasteiger partial charge in [0, 0.05) is 12.4 Å². The number of ether oxygens (including phenoxy) is 2. The number of carbonyl (C=O) groups is 2. The van der Waals surface area contributed by atoms with E-state index >= 15 is 0 Å². The standard InChI is InChI=1S/C28H26N2O4S/c1-3-33-27(31)23-24(28(32)34-4-2)26(30-20-12-18-22-15-9-6-10-16-22)35-25(23)29-19-11-17-21-13-7-5-8-14-21/h5-20H,3-4H2,1-2H3/b17-11+,18-12+,29-19+,30-20+. The summed E-state index contributed by atoms with van der Waals surface area (Å²) in [7, 11) is 0. The third-order valence-electron chi connectivity index (χ3n) is 4.56. The van der Waals surface area contributed by atoms with Gasteiger partial charge in [0.15, 0.2) is 0 Å². The first-order valence-electron chi connectivity index (χ1n) is 11.2. The summed E-state index contributed by atoms with van der Waals surface area (Å²) in [5.41, 5.74) is 2.13. The molecule has 0 spiro atoms. The fourth-order valence-electron chi connectivity index (χ4n) is 3.03. The molecule has 0 N–H and O–H groups in total. The second-order valence-electron chi connectivity index (χ2n) is 7.00. The molecule has 178 valence electrons. The number of thiophene rings is 1. The maximum Gasteiger partial charge on any atom is 0.342 e. The Labute approximate surface area is 209 Å². The van der Waals surface area contributed by atoms with Crippen LogP contribution in [0.2, 0.25) is 0 Å². The summed E-state index contributed by atoms with van der Waals surface area (Å²) in [6.07, 6.45) is 10.4. The molecule has 0 amide bonds. The number of hydrogen-bond acceptors (Lipinski definition) is 7. The van der Waals surface area contributed by atoms with Crippen LogP contribution in [-0.2, 0) is 9.47 Å². The zero-order valence-corrected chi connectivity index (χ0v) is 20.4. The Bertz CT molecular complexity index is 1150. The third-order valence-corrected chi connectivity index (χ3v) is 5.57. The number of allylic oxidation sites excluding steroid dienone is 2. The van der Waals surface area contributed by atoms with Gasteiger partial charge >= 0.3 is 11.9 Å². The molecule has 0 saturated heterocycles. The minimum atomic E-state index is -0.646. The monoisotopic (exact) mass is 486 g/mol. The SMILES string of the molecule is CCOC(=O)c1c(/N=C/C=C/c2ccccc2)sc(/N=C/C=C/c2ccccc2)c1C(=O)OCC. The van der Waals surface area contributed by atoms with Gasteiger partial charge in [-0.15, -0.1) is 0 Å². The predicted molar refractivity (Wildman–Crippen MR) is 143 cm³/mol. The summed E-state index contributed by atoms with van der Waals surface area (Å²) in [4.78, 5) is 34.5. The summed E-state index contributed by atoms with van der Waals surface area (Å²) >= 11 is 1.12. The van der Waals surface area contributed by atoms with Crippen molar-refractivity contribution in [2.24, 2.45) is 9.98 Å². The molecule has 7 heteroatoms. The van der Waals surface area contributed by atoms with Crippen LogP contribution in [0.5, 0.6) is 0 Å². The van der Waals surface area contributed by atoms with Crippen molar-refractivity contribution in [3.8, 4) is 0 Å². The lowest BCUT2D eigenvalue weighted by Crippen LogP contribution is -2.12. The Balaban J connectivity index is 1.97. The Morgan fingerprint density at radius 3 is 1.49 bits per heavy atom. The minimum Gasteiger partial charge on any atom is -0.462 e. The van der Waals surface area contributed by atoms with Crippen LogP contribution in [-0.4, -0.2) is 37.6 Å². The van der Waals surface area contributed by atoms with Gasteiger partial charge in [-0.1, -0.05) is 84.2 Å². The van der Waals surface area contributed by atoms with Gasteiger partial charge in [-0.3, -0.25) is 0 Å². The van der Waals surface area contributed by atoms with Gasteiger partial charge in [0.25, 0.3) is 0 Å². The number of hydrogen-bond donors (Lipinski definition) is 0. The molecule has 0 unspecified atom stereocenters. The summed E-state index contributed by atoms with van der Waals surface area (Å²) in [6, 6.07) is 19.5. The number of benzene rings is 2. The zero-order valence-electron chi connectivity index (χ0n) is 19.6. The van der Waals surface area contributed by atoms with Gasteiger partial charge in [-0.05, 0) is 37.1 Å². The molecule has 3 aromatic rings. The number of aliphatic imine (C=N–C) groups is 2. The average Bonchev–Trinajstić information content (AvgIpc) is 3.24. The van der Waals surface area contributed by atoms with E-state index in [9.17, 15) is 9.59 Å². The minimum absolute atomic E-state index is 0.0545. The van der Waals surface area contributed by atoms with Crippen molar-refractivity contribution >= 4 is 57.9 Å². The Hall–Kier alpha value is -4.10. The summed E-state index contributed by atoms with van der Waals surface area (Å²) in [5, 5.41) is 0.645. The summed E-state index contributed by atoms with van der Waals surface area (Å²) < 4.78 is 10.4. The normalized spacial score (nSPS) is 11.7. The van der Waals surface area contributed by atoms with Gasteiger partial charge in [0.1, 0.15) is 21.1 Å². The van der Waals surface area contributed by atoms with Crippen LogP contribution in [0.4, 0.5) is 10.0 Å². The number of rotatable bonds is 10. The molecule has 0 atom stereocenters. The molecular formula is C28H26N2O4S. The smallest absolute Gasteiger partial charge is 0.342 e. The first-order chi connectivity index (χ1) is 17.1. The molecule has 0 bridgehead atoms. The molecule has 0 radical (unpaired) electrons. The molecule has 0 fully saturated rings. The lowest BCUT2D eigenvalue weighted by molar-refractivity contribution is 0.0481. The number of esters is 2. The van der Waals surface area contributed by atoms with Crippen molar-refractivity contribution in [3.05, 3.63) is 95.1 Å². The molecule has 6 nitrogen and oxygen atoms in total. The van der Waals surface area contributed by atoms with Gasteiger partial charge in [-0.25, -0.2) is 19.6 Å². The highest BCUT2D eigenvalue weighted by Gasteiger charge is 2.30. The van der Waals surface area contributed by atoms with Gasteiger partial charge in [0.2, 0.25) is 0 Å². The summed E-state index contributed by atoms with van der Waals surface area (Å²) in [6.45, 7) is 3.72. The molecule has 1 heterocycles. The van der Waals surface area contributed by atoms with E-state index in [0.29, 0.717) is 10.0 Å². The van der Waals surface area contributed by atoms with Crippen LogP contribution in [0.15, 0.2) is 82.8 Å². The van der Waals surface area contributed by atoms with Gasteiger partial charge < -0.3 is 9.47 Å². The Morgan fingerprint density at radius 1 is 0.714 bits per heavy atom.